The summed E-state index contributed by atoms with van der Waals surface area (Å²) < 4.78 is 2.38. The number of hydrogen-bond donors (Lipinski definition) is 0. The highest BCUT2D eigenvalue weighted by atomic mass is 32.2. The van der Waals surface area contributed by atoms with Crippen LogP contribution in [0.4, 0.5) is 5.82 Å². The van der Waals surface area contributed by atoms with Crippen molar-refractivity contribution in [3.63, 3.8) is 0 Å². The molecule has 218 valence electrons. The van der Waals surface area contributed by atoms with Gasteiger partial charge < -0.3 is 4.90 Å². The lowest BCUT2D eigenvalue weighted by atomic mass is 9.90. The van der Waals surface area contributed by atoms with Crippen molar-refractivity contribution in [3.05, 3.63) is 67.8 Å². The van der Waals surface area contributed by atoms with Crippen molar-refractivity contribution in [2.45, 2.75) is 85.1 Å². The molecule has 0 radical (unpaired) electrons. The number of thiocarbonyl (C=S) groups is 1. The summed E-state index contributed by atoms with van der Waals surface area (Å²) in [6.07, 6.45) is 11.1. The number of rotatable bonds is 12. The van der Waals surface area contributed by atoms with Gasteiger partial charge in [-0.05, 0) is 62.1 Å². The minimum absolute atomic E-state index is 0.0757. The molecule has 1 amide bonds. The van der Waals surface area contributed by atoms with Crippen molar-refractivity contribution in [2.24, 2.45) is 5.92 Å². The van der Waals surface area contributed by atoms with Gasteiger partial charge in [0.15, 0.2) is 0 Å². The summed E-state index contributed by atoms with van der Waals surface area (Å²) in [6.45, 7) is 8.94. The van der Waals surface area contributed by atoms with E-state index in [1.807, 2.05) is 13.0 Å². The molecule has 8 heteroatoms. The number of hydrogen-bond acceptors (Lipinski definition) is 6. The molecule has 1 aromatic carbocycles. The third kappa shape index (κ3) is 7.31. The first kappa shape index (κ1) is 31.1. The van der Waals surface area contributed by atoms with E-state index in [4.69, 9.17) is 12.2 Å². The Balaban J connectivity index is 1.69. The van der Waals surface area contributed by atoms with Gasteiger partial charge in [-0.15, -0.1) is 0 Å². The molecule has 0 aliphatic carbocycles. The zero-order chi connectivity index (χ0) is 29.4. The number of anilines is 1. The second-order valence-electron chi connectivity index (χ2n) is 11.2. The van der Waals surface area contributed by atoms with Gasteiger partial charge in [0, 0.05) is 31.7 Å². The Morgan fingerprint density at radius 1 is 1.02 bits per heavy atom. The quantitative estimate of drug-likeness (QED) is 0.150. The van der Waals surface area contributed by atoms with Crippen molar-refractivity contribution in [1.29, 1.82) is 5.26 Å². The summed E-state index contributed by atoms with van der Waals surface area (Å²) in [6, 6.07) is 12.8. The van der Waals surface area contributed by atoms with Crippen molar-refractivity contribution >= 4 is 46.1 Å². The molecule has 2 aliphatic heterocycles. The molecule has 0 spiro atoms. The van der Waals surface area contributed by atoms with Gasteiger partial charge in [-0.2, -0.15) is 5.26 Å². The maximum Gasteiger partial charge on any atom is 0.270 e. The molecule has 4 rings (SSSR count). The molecular formula is C33H42N4O2S2. The maximum absolute atomic E-state index is 13.6. The summed E-state index contributed by atoms with van der Waals surface area (Å²) in [5.41, 5.74) is 2.72. The van der Waals surface area contributed by atoms with Gasteiger partial charge in [-0.1, -0.05) is 93.8 Å². The van der Waals surface area contributed by atoms with E-state index in [2.05, 4.69) is 55.1 Å². The van der Waals surface area contributed by atoms with Crippen LogP contribution in [0.1, 0.15) is 87.5 Å². The number of benzene rings is 1. The Morgan fingerprint density at radius 3 is 2.39 bits per heavy atom. The van der Waals surface area contributed by atoms with Crippen LogP contribution in [0.5, 0.6) is 0 Å². The van der Waals surface area contributed by atoms with Gasteiger partial charge in [0.2, 0.25) is 0 Å². The number of amides is 1. The first-order valence-electron chi connectivity index (χ1n) is 15.1. The van der Waals surface area contributed by atoms with E-state index in [9.17, 15) is 14.9 Å². The Morgan fingerprint density at radius 2 is 1.73 bits per heavy atom. The lowest BCUT2D eigenvalue weighted by Gasteiger charge is -2.36. The lowest BCUT2D eigenvalue weighted by molar-refractivity contribution is -0.122. The highest BCUT2D eigenvalue weighted by molar-refractivity contribution is 8.26. The van der Waals surface area contributed by atoms with E-state index in [0.29, 0.717) is 33.8 Å². The van der Waals surface area contributed by atoms with Crippen LogP contribution in [0.3, 0.4) is 0 Å². The molecule has 41 heavy (non-hydrogen) atoms. The molecule has 1 aromatic heterocycles. The number of piperidine rings is 1. The Hall–Kier alpha value is -2.89. The first-order valence-corrected chi connectivity index (χ1v) is 16.3. The van der Waals surface area contributed by atoms with Crippen LogP contribution in [-0.4, -0.2) is 39.3 Å². The van der Waals surface area contributed by atoms with Crippen LogP contribution in [0.2, 0.25) is 0 Å². The molecule has 3 heterocycles. The summed E-state index contributed by atoms with van der Waals surface area (Å²) in [5, 5.41) is 9.99. The van der Waals surface area contributed by atoms with E-state index in [1.54, 1.807) is 9.47 Å². The van der Waals surface area contributed by atoms with Gasteiger partial charge in [0.05, 0.1) is 4.91 Å². The number of carbonyl (C=O) groups is 1. The van der Waals surface area contributed by atoms with Gasteiger partial charge in [-0.3, -0.25) is 19.1 Å². The predicted molar refractivity (Wildman–Crippen MR) is 174 cm³/mol. The first-order chi connectivity index (χ1) is 19.9. The average molecular weight is 591 g/mol. The van der Waals surface area contributed by atoms with Gasteiger partial charge in [-0.25, -0.2) is 0 Å². The number of thioether (sulfide) groups is 1. The SMILES string of the molecule is CCCCCCN1C(=O)C(=Cc2c(C)c(C#N)c(=O)n(CCCC)c2N2CCC(Cc3ccccc3)CC2)SC1=S. The smallest absolute Gasteiger partial charge is 0.270 e. The standard InChI is InChI=1S/C33H42N4O2S2/c1-4-6-8-12-18-37-32(39)29(41-33(37)40)22-27-24(3)28(23-34)31(38)36(17-7-5-2)30(27)35-19-15-26(16-20-35)21-25-13-10-9-11-14-25/h9-11,13-14,22,26H,4-8,12,15-21H2,1-3H3. The lowest BCUT2D eigenvalue weighted by Crippen LogP contribution is -2.40. The fraction of sp³-hybridized carbons (Fsp3) is 0.515. The predicted octanol–water partition coefficient (Wildman–Crippen LogP) is 7.07. The molecule has 2 saturated heterocycles. The summed E-state index contributed by atoms with van der Waals surface area (Å²) in [7, 11) is 0. The largest absolute Gasteiger partial charge is 0.357 e. The molecular weight excluding hydrogens is 549 g/mol. The number of nitriles is 1. The van der Waals surface area contributed by atoms with Gasteiger partial charge >= 0.3 is 0 Å². The minimum Gasteiger partial charge on any atom is -0.357 e. The monoisotopic (exact) mass is 590 g/mol. The van der Waals surface area contributed by atoms with E-state index in [-0.39, 0.29) is 17.0 Å². The van der Waals surface area contributed by atoms with Crippen LogP contribution in [0, 0.1) is 24.2 Å². The maximum atomic E-state index is 13.6. The van der Waals surface area contributed by atoms with Crippen molar-refractivity contribution < 1.29 is 4.79 Å². The van der Waals surface area contributed by atoms with E-state index < -0.39 is 0 Å². The molecule has 0 N–H and O–H groups in total. The molecule has 2 fully saturated rings. The third-order valence-electron chi connectivity index (χ3n) is 8.25. The minimum atomic E-state index is -0.236. The second-order valence-corrected chi connectivity index (χ2v) is 12.8. The zero-order valence-electron chi connectivity index (χ0n) is 24.7. The number of carbonyl (C=O) groups excluding carboxylic acids is 1. The molecule has 0 atom stereocenters. The van der Waals surface area contributed by atoms with Crippen LogP contribution in [0.25, 0.3) is 6.08 Å². The number of pyridine rings is 1. The molecule has 0 bridgehead atoms. The average Bonchev–Trinajstić information content (AvgIpc) is 3.24. The highest BCUT2D eigenvalue weighted by Crippen LogP contribution is 2.37. The van der Waals surface area contributed by atoms with E-state index in [0.717, 1.165) is 82.3 Å². The van der Waals surface area contributed by atoms with Crippen LogP contribution < -0.4 is 10.5 Å². The van der Waals surface area contributed by atoms with Crippen molar-refractivity contribution in [1.82, 2.24) is 9.47 Å². The third-order valence-corrected chi connectivity index (χ3v) is 9.63. The Kier molecular flexibility index (Phi) is 11.2. The number of unbranched alkanes of at least 4 members (excludes halogenated alkanes) is 4. The normalized spacial score (nSPS) is 17.1. The molecule has 0 unspecified atom stereocenters. The fourth-order valence-corrected chi connectivity index (χ4v) is 7.12. The molecule has 2 aromatic rings. The van der Waals surface area contributed by atoms with Gasteiger partial charge in [0.25, 0.3) is 11.5 Å². The number of nitrogens with zero attached hydrogens (tertiary/aromatic N) is 4. The highest BCUT2D eigenvalue weighted by Gasteiger charge is 2.33. The van der Waals surface area contributed by atoms with E-state index in [1.165, 1.54) is 17.3 Å². The Bertz CT molecular complexity index is 1370. The number of aromatic nitrogens is 1. The topological polar surface area (TPSA) is 69.3 Å². The summed E-state index contributed by atoms with van der Waals surface area (Å²) in [4.78, 5) is 31.7. The Labute approximate surface area is 254 Å². The zero-order valence-corrected chi connectivity index (χ0v) is 26.3. The molecule has 0 saturated carbocycles. The summed E-state index contributed by atoms with van der Waals surface area (Å²) >= 11 is 6.94. The molecule has 2 aliphatic rings. The van der Waals surface area contributed by atoms with Crippen molar-refractivity contribution in [2.75, 3.05) is 24.5 Å². The molecule has 6 nitrogen and oxygen atoms in total. The van der Waals surface area contributed by atoms with Crippen LogP contribution >= 0.6 is 24.0 Å². The van der Waals surface area contributed by atoms with Crippen molar-refractivity contribution in [3.8, 4) is 6.07 Å². The fourth-order valence-electron chi connectivity index (χ4n) is 5.83. The van der Waals surface area contributed by atoms with Crippen LogP contribution in [0.15, 0.2) is 40.0 Å². The van der Waals surface area contributed by atoms with Gasteiger partial charge in [0.1, 0.15) is 21.8 Å². The van der Waals surface area contributed by atoms with E-state index >= 15 is 0 Å². The second kappa shape index (κ2) is 14.8. The summed E-state index contributed by atoms with van der Waals surface area (Å²) in [5.74, 6) is 1.34. The van der Waals surface area contributed by atoms with Crippen LogP contribution in [-0.2, 0) is 17.8 Å².